The molecule has 0 saturated carbocycles. The number of esters is 1. The third kappa shape index (κ3) is 4.97. The van der Waals surface area contributed by atoms with Crippen molar-refractivity contribution >= 4 is 5.97 Å². The van der Waals surface area contributed by atoms with Crippen LogP contribution in [0.4, 0.5) is 4.39 Å². The minimum Gasteiger partial charge on any atom is -0.453 e. The molecule has 4 heteroatoms. The lowest BCUT2D eigenvalue weighted by Gasteiger charge is -2.19. The largest absolute Gasteiger partial charge is 0.453 e. The van der Waals surface area contributed by atoms with Crippen molar-refractivity contribution in [2.45, 2.75) is 19.6 Å². The third-order valence-electron chi connectivity index (χ3n) is 3.35. The molecule has 116 valence electrons. The van der Waals surface area contributed by atoms with Crippen molar-refractivity contribution in [1.29, 1.82) is 0 Å². The number of benzene rings is 2. The number of carbonyl (C=O) groups excluding carboxylic acids is 1. The molecule has 0 fully saturated rings. The molecule has 0 aliphatic rings. The monoisotopic (exact) mass is 302 g/mol. The smallest absolute Gasteiger partial charge is 0.338 e. The lowest BCUT2D eigenvalue weighted by molar-refractivity contribution is -0.896. The molecule has 0 aliphatic heterocycles. The van der Waals surface area contributed by atoms with Crippen molar-refractivity contribution in [2.24, 2.45) is 0 Å². The molecule has 0 saturated heterocycles. The Bertz CT molecular complexity index is 615. The lowest BCUT2D eigenvalue weighted by Crippen LogP contribution is -3.08. The summed E-state index contributed by atoms with van der Waals surface area (Å²) in [6.07, 6.45) is -0.237. The summed E-state index contributed by atoms with van der Waals surface area (Å²) < 4.78 is 18.5. The van der Waals surface area contributed by atoms with E-state index in [9.17, 15) is 9.18 Å². The van der Waals surface area contributed by atoms with Crippen LogP contribution in [-0.4, -0.2) is 25.7 Å². The maximum atomic E-state index is 13.1. The quantitative estimate of drug-likeness (QED) is 0.828. The molecule has 0 aliphatic carbocycles. The van der Waals surface area contributed by atoms with Gasteiger partial charge < -0.3 is 9.64 Å². The summed E-state index contributed by atoms with van der Waals surface area (Å²) in [7, 11) is 2.06. The molecule has 0 amide bonds. The Morgan fingerprint density at radius 2 is 1.91 bits per heavy atom. The molecule has 0 heterocycles. The molecule has 1 unspecified atom stereocenters. The van der Waals surface area contributed by atoms with Crippen molar-refractivity contribution < 1.29 is 18.8 Å². The average molecular weight is 302 g/mol. The molecular formula is C18H21FNO2+. The third-order valence-corrected chi connectivity index (χ3v) is 3.35. The van der Waals surface area contributed by atoms with Crippen LogP contribution in [0.15, 0.2) is 54.6 Å². The number of ether oxygens (including phenoxy) is 1. The van der Waals surface area contributed by atoms with E-state index >= 15 is 0 Å². The molecule has 22 heavy (non-hydrogen) atoms. The van der Waals surface area contributed by atoms with Crippen LogP contribution in [-0.2, 0) is 11.3 Å². The molecular weight excluding hydrogens is 281 g/mol. The fourth-order valence-electron chi connectivity index (χ4n) is 2.42. The van der Waals surface area contributed by atoms with Gasteiger partial charge in [-0.15, -0.1) is 0 Å². The highest BCUT2D eigenvalue weighted by Gasteiger charge is 2.16. The van der Waals surface area contributed by atoms with Crippen molar-refractivity contribution in [1.82, 2.24) is 0 Å². The van der Waals surface area contributed by atoms with E-state index in [0.717, 1.165) is 6.54 Å². The summed E-state index contributed by atoms with van der Waals surface area (Å²) in [5.41, 5.74) is 1.48. The number of halogens is 1. The second-order valence-corrected chi connectivity index (χ2v) is 5.55. The van der Waals surface area contributed by atoms with Gasteiger partial charge in [0.15, 0.2) is 0 Å². The first-order chi connectivity index (χ1) is 10.5. The van der Waals surface area contributed by atoms with Gasteiger partial charge in [0.05, 0.1) is 12.6 Å². The molecule has 0 aromatic heterocycles. The van der Waals surface area contributed by atoms with Gasteiger partial charge in [0.25, 0.3) is 0 Å². The Kier molecular flexibility index (Phi) is 5.67. The fourth-order valence-corrected chi connectivity index (χ4v) is 2.42. The Morgan fingerprint density at radius 3 is 2.59 bits per heavy atom. The van der Waals surface area contributed by atoms with Crippen molar-refractivity contribution in [2.75, 3.05) is 13.6 Å². The van der Waals surface area contributed by atoms with Crippen LogP contribution in [0.2, 0.25) is 0 Å². The van der Waals surface area contributed by atoms with E-state index in [2.05, 4.69) is 19.2 Å². The zero-order chi connectivity index (χ0) is 15.9. The second-order valence-electron chi connectivity index (χ2n) is 5.55. The van der Waals surface area contributed by atoms with Crippen LogP contribution >= 0.6 is 0 Å². The minimum atomic E-state index is -0.487. The molecule has 2 rings (SSSR count). The van der Waals surface area contributed by atoms with Gasteiger partial charge in [0.1, 0.15) is 25.0 Å². The maximum Gasteiger partial charge on any atom is 0.338 e. The molecule has 3 nitrogen and oxygen atoms in total. The van der Waals surface area contributed by atoms with Crippen molar-refractivity contribution in [3.8, 4) is 0 Å². The van der Waals surface area contributed by atoms with Gasteiger partial charge in [0, 0.05) is 5.56 Å². The number of hydrogen-bond acceptors (Lipinski definition) is 2. The van der Waals surface area contributed by atoms with Crippen LogP contribution in [0.1, 0.15) is 22.8 Å². The summed E-state index contributed by atoms with van der Waals surface area (Å²) in [6.45, 7) is 3.41. The van der Waals surface area contributed by atoms with Gasteiger partial charge in [-0.05, 0) is 25.1 Å². The standard InChI is InChI=1S/C18H20FNO2/c1-14(12-20(2)13-15-7-4-3-5-8-15)22-18(21)16-9-6-10-17(19)11-16/h3-11,14H,12-13H2,1-2H3/p+1/t14-/m0/s1. The van der Waals surface area contributed by atoms with E-state index in [0.29, 0.717) is 6.54 Å². The number of likely N-dealkylation sites (N-methyl/N-ethyl adjacent to an activating group) is 1. The molecule has 2 aromatic carbocycles. The predicted octanol–water partition coefficient (Wildman–Crippen LogP) is 2.09. The number of carbonyl (C=O) groups is 1. The molecule has 2 atom stereocenters. The van der Waals surface area contributed by atoms with Gasteiger partial charge in [0.2, 0.25) is 0 Å². The van der Waals surface area contributed by atoms with Crippen LogP contribution in [0.25, 0.3) is 0 Å². The summed E-state index contributed by atoms with van der Waals surface area (Å²) in [5, 5.41) is 0. The van der Waals surface area contributed by atoms with E-state index in [-0.39, 0.29) is 11.7 Å². The highest BCUT2D eigenvalue weighted by molar-refractivity contribution is 5.89. The van der Waals surface area contributed by atoms with Gasteiger partial charge in [-0.25, -0.2) is 9.18 Å². The topological polar surface area (TPSA) is 30.7 Å². The van der Waals surface area contributed by atoms with Crippen LogP contribution in [0.3, 0.4) is 0 Å². The van der Waals surface area contributed by atoms with Crippen molar-refractivity contribution in [3.63, 3.8) is 0 Å². The molecule has 0 bridgehead atoms. The summed E-state index contributed by atoms with van der Waals surface area (Å²) in [5.74, 6) is -0.923. The van der Waals surface area contributed by atoms with E-state index in [4.69, 9.17) is 4.74 Å². The number of hydrogen-bond donors (Lipinski definition) is 1. The summed E-state index contributed by atoms with van der Waals surface area (Å²) in [6, 6.07) is 15.7. The predicted molar refractivity (Wildman–Crippen MR) is 83.2 cm³/mol. The number of quaternary nitrogens is 1. The molecule has 0 spiro atoms. The normalized spacial score (nSPS) is 13.4. The minimum absolute atomic E-state index is 0.237. The molecule has 1 N–H and O–H groups in total. The molecule has 0 radical (unpaired) electrons. The maximum absolute atomic E-state index is 13.1. The number of rotatable bonds is 6. The first-order valence-corrected chi connectivity index (χ1v) is 7.36. The van der Waals surface area contributed by atoms with E-state index in [1.807, 2.05) is 25.1 Å². The summed E-state index contributed by atoms with van der Waals surface area (Å²) >= 11 is 0. The zero-order valence-electron chi connectivity index (χ0n) is 12.9. The average Bonchev–Trinajstić information content (AvgIpc) is 2.47. The number of nitrogens with one attached hydrogen (secondary N) is 1. The van der Waals surface area contributed by atoms with E-state index in [1.54, 1.807) is 6.07 Å². The van der Waals surface area contributed by atoms with E-state index in [1.165, 1.54) is 28.7 Å². The summed E-state index contributed by atoms with van der Waals surface area (Å²) in [4.78, 5) is 13.2. The highest BCUT2D eigenvalue weighted by atomic mass is 19.1. The van der Waals surface area contributed by atoms with E-state index < -0.39 is 11.8 Å². The zero-order valence-corrected chi connectivity index (χ0v) is 12.9. The molecule has 2 aromatic rings. The first-order valence-electron chi connectivity index (χ1n) is 7.36. The van der Waals surface area contributed by atoms with Crippen molar-refractivity contribution in [3.05, 3.63) is 71.5 Å². The SMILES string of the molecule is C[C@@H](C[NH+](C)Cc1ccccc1)OC(=O)c1cccc(F)c1. The van der Waals surface area contributed by atoms with Crippen LogP contribution < -0.4 is 4.90 Å². The van der Waals surface area contributed by atoms with Crippen LogP contribution in [0.5, 0.6) is 0 Å². The lowest BCUT2D eigenvalue weighted by atomic mass is 10.2. The highest BCUT2D eigenvalue weighted by Crippen LogP contribution is 2.06. The van der Waals surface area contributed by atoms with Gasteiger partial charge >= 0.3 is 5.97 Å². The van der Waals surface area contributed by atoms with Crippen LogP contribution in [0, 0.1) is 5.82 Å². The first kappa shape index (κ1) is 16.2. The fraction of sp³-hybridized carbons (Fsp3) is 0.278. The Labute approximate surface area is 130 Å². The van der Waals surface area contributed by atoms with Gasteiger partial charge in [-0.1, -0.05) is 36.4 Å². The second kappa shape index (κ2) is 7.71. The van der Waals surface area contributed by atoms with Gasteiger partial charge in [-0.3, -0.25) is 0 Å². The Balaban J connectivity index is 1.84. The Morgan fingerprint density at radius 1 is 1.18 bits per heavy atom. The van der Waals surface area contributed by atoms with Gasteiger partial charge in [-0.2, -0.15) is 0 Å². The Hall–Kier alpha value is -2.20.